The molecule has 0 aliphatic heterocycles. The Labute approximate surface area is 66.2 Å². The van der Waals surface area contributed by atoms with Gasteiger partial charge in [-0.1, -0.05) is 0 Å². The van der Waals surface area contributed by atoms with Gasteiger partial charge in [0.05, 0.1) is 15.4 Å². The smallest absolute Gasteiger partial charge is 0.221 e. The number of hydrogen-bond acceptors (Lipinski definition) is 4. The van der Waals surface area contributed by atoms with Crippen LogP contribution in [0.3, 0.4) is 0 Å². The van der Waals surface area contributed by atoms with Crippen LogP contribution in [0.15, 0.2) is 6.30 Å². The average molecular weight is 144 g/mol. The lowest BCUT2D eigenvalue weighted by Crippen LogP contribution is -1.98. The van der Waals surface area contributed by atoms with Crippen molar-refractivity contribution in [2.24, 2.45) is 0 Å². The van der Waals surface area contributed by atoms with E-state index in [0.29, 0.717) is 0 Å². The zero-order valence-corrected chi connectivity index (χ0v) is 5.33. The normalized spacial score (nSPS) is 16.4. The second kappa shape index (κ2) is 2.51. The van der Waals surface area contributed by atoms with Crippen LogP contribution in [0.4, 0.5) is 5.82 Å². The van der Waals surface area contributed by atoms with Gasteiger partial charge in [-0.05, 0) is 6.92 Å². The quantitative estimate of drug-likeness (QED) is 0.651. The summed E-state index contributed by atoms with van der Waals surface area (Å²) in [5.41, 5.74) is 0.477. The lowest BCUT2D eigenvalue weighted by molar-refractivity contribution is 0.394. The molecule has 1 rings (SSSR count). The number of hydrogen-bond donors (Lipinski definition) is 1. The van der Waals surface area contributed by atoms with Crippen molar-refractivity contribution in [3.8, 4) is 5.88 Å². The maximum Gasteiger partial charge on any atom is 0.221 e. The number of ether oxygens (including phenoxy) is 1. The molecule has 10 heavy (non-hydrogen) atoms. The van der Waals surface area contributed by atoms with Crippen molar-refractivity contribution in [3.05, 3.63) is 11.9 Å². The Morgan fingerprint density at radius 2 is 2.80 bits per heavy atom. The summed E-state index contributed by atoms with van der Waals surface area (Å²) in [5.74, 6) is -0.227. The summed E-state index contributed by atoms with van der Waals surface area (Å²) in [4.78, 5) is 7.10. The maximum absolute atomic E-state index is 7.19. The monoisotopic (exact) mass is 144 g/mol. The van der Waals surface area contributed by atoms with Crippen LogP contribution in [-0.2, 0) is 0 Å². The average Bonchev–Trinajstić information content (AvgIpc) is 2.09. The topological polar surface area (TPSA) is 61.0 Å². The molecule has 0 unspecified atom stereocenters. The molecular weight excluding hydrogens is 130 g/mol. The van der Waals surface area contributed by atoms with Gasteiger partial charge in [-0.2, -0.15) is 0 Å². The third-order valence-corrected chi connectivity index (χ3v) is 1.08. The highest BCUT2D eigenvalue weighted by Gasteiger charge is 2.01. The first-order valence-corrected chi connectivity index (χ1v) is 2.56. The third kappa shape index (κ3) is 1.00. The Morgan fingerprint density at radius 3 is 3.50 bits per heavy atom. The van der Waals surface area contributed by atoms with Crippen molar-refractivity contribution in [3.63, 3.8) is 0 Å². The molecule has 1 aromatic rings. The van der Waals surface area contributed by atoms with Gasteiger partial charge in [0, 0.05) is 0 Å². The molecule has 1 heterocycles. The first kappa shape index (κ1) is 2.74. The number of rotatable bonds is 2. The zero-order chi connectivity index (χ0) is 11.6. The predicted octanol–water partition coefficient (Wildman–Crippen LogP) is 0.376. The molecule has 4 nitrogen and oxygen atoms in total. The summed E-state index contributed by atoms with van der Waals surface area (Å²) in [7, 11) is -1.57. The van der Waals surface area contributed by atoms with Gasteiger partial charge in [0.1, 0.15) is 13.5 Å². The molecule has 0 spiro atoms. The lowest BCUT2D eigenvalue weighted by Gasteiger charge is -2.02. The Balaban J connectivity index is 3.16. The highest BCUT2D eigenvalue weighted by molar-refractivity contribution is 5.42. The standard InChI is InChI=1S/C6H9N3O/c1-4-5(7)8-3-9-6(4)10-2/h3H,1-2H3,(H2,7,8,9)/i2D2,3D/hD2. The van der Waals surface area contributed by atoms with E-state index < -0.39 is 13.4 Å². The largest absolute Gasteiger partial charge is 0.481 e. The zero-order valence-electron chi connectivity index (χ0n) is 10.3. The van der Waals surface area contributed by atoms with Crippen molar-refractivity contribution >= 4 is 5.82 Å². The molecule has 0 amide bonds. The molecule has 0 aliphatic rings. The minimum absolute atomic E-state index is 0.106. The van der Waals surface area contributed by atoms with Gasteiger partial charge >= 0.3 is 0 Å². The molecule has 0 bridgehead atoms. The van der Waals surface area contributed by atoms with E-state index in [1.807, 2.05) is 0 Å². The van der Waals surface area contributed by atoms with E-state index in [-0.39, 0.29) is 23.0 Å². The first-order valence-electron chi connectivity index (χ1n) is 5.11. The van der Waals surface area contributed by atoms with Crippen LogP contribution in [0.25, 0.3) is 0 Å². The van der Waals surface area contributed by atoms with Crippen LogP contribution in [-0.4, -0.2) is 17.0 Å². The van der Waals surface area contributed by atoms with Gasteiger partial charge in [-0.15, -0.1) is 0 Å². The summed E-state index contributed by atoms with van der Waals surface area (Å²) >= 11 is 0. The molecule has 0 aromatic carbocycles. The Kier molecular flexibility index (Phi) is 0.687. The second-order valence-electron chi connectivity index (χ2n) is 1.70. The van der Waals surface area contributed by atoms with Crippen LogP contribution in [0.2, 0.25) is 2.82 Å². The van der Waals surface area contributed by atoms with Crippen LogP contribution in [0.5, 0.6) is 5.88 Å². The molecule has 0 radical (unpaired) electrons. The van der Waals surface area contributed by atoms with Gasteiger partial charge in [0.2, 0.25) is 5.88 Å². The molecule has 54 valence electrons. The molecule has 0 atom stereocenters. The fourth-order valence-corrected chi connectivity index (χ4v) is 0.496. The lowest BCUT2D eigenvalue weighted by atomic mass is 10.3. The van der Waals surface area contributed by atoms with Crippen LogP contribution in [0, 0.1) is 6.92 Å². The second-order valence-corrected chi connectivity index (χ2v) is 1.70. The van der Waals surface area contributed by atoms with Crippen molar-refractivity contribution < 1.29 is 11.7 Å². The number of nitrogens with zero attached hydrogens (tertiary/aromatic N) is 2. The highest BCUT2D eigenvalue weighted by atomic mass is 16.5. The first-order chi connectivity index (χ1) is 6.91. The fourth-order valence-electron chi connectivity index (χ4n) is 0.496. The summed E-state index contributed by atoms with van der Waals surface area (Å²) in [5, 5.41) is 0. The Hall–Kier alpha value is -1.32. The van der Waals surface area contributed by atoms with E-state index in [4.69, 9.17) is 6.94 Å². The van der Waals surface area contributed by atoms with Crippen LogP contribution >= 0.6 is 0 Å². The van der Waals surface area contributed by atoms with Gasteiger partial charge in [0.25, 0.3) is 0 Å². The molecule has 0 saturated carbocycles. The number of nitrogens with two attached hydrogens (primary N) is 1. The van der Waals surface area contributed by atoms with Crippen LogP contribution < -0.4 is 10.5 Å². The molecule has 1 aromatic heterocycles. The molecule has 0 saturated heterocycles. The van der Waals surface area contributed by atoms with E-state index >= 15 is 0 Å². The summed E-state index contributed by atoms with van der Waals surface area (Å²) < 4.78 is 39.7. The number of nitrogen functional groups attached to an aromatic ring is 1. The van der Waals surface area contributed by atoms with Crippen LogP contribution in [0.1, 0.15) is 9.68 Å². The minimum atomic E-state index is -1.57. The molecule has 2 N–H and O–H groups in total. The van der Waals surface area contributed by atoms with Gasteiger partial charge < -0.3 is 10.5 Å². The molecular formula is C6H9N3O. The van der Waals surface area contributed by atoms with E-state index in [1.165, 1.54) is 6.92 Å². The third-order valence-electron chi connectivity index (χ3n) is 1.08. The molecule has 0 aliphatic carbocycles. The summed E-state index contributed by atoms with van der Waals surface area (Å²) in [6.07, 6.45) is -0.421. The van der Waals surface area contributed by atoms with Gasteiger partial charge in [-0.25, -0.2) is 9.97 Å². The number of aromatic nitrogens is 2. The van der Waals surface area contributed by atoms with Crippen molar-refractivity contribution in [1.29, 1.82) is 0 Å². The number of methoxy groups -OCH3 is 1. The number of anilines is 1. The Morgan fingerprint density at radius 1 is 1.90 bits per heavy atom. The van der Waals surface area contributed by atoms with Crippen molar-refractivity contribution in [1.82, 2.24) is 9.97 Å². The minimum Gasteiger partial charge on any atom is -0.481 e. The van der Waals surface area contributed by atoms with E-state index in [2.05, 4.69) is 14.7 Å². The SMILES string of the molecule is [2H]c1nc(OC([2H])[2H])c(C)c(N([2H])[2H])n1. The predicted molar refractivity (Wildman–Crippen MR) is 37.7 cm³/mol. The summed E-state index contributed by atoms with van der Waals surface area (Å²) in [6, 6.07) is 0. The van der Waals surface area contributed by atoms with E-state index in [0.717, 1.165) is 0 Å². The summed E-state index contributed by atoms with van der Waals surface area (Å²) in [6.45, 7) is 1.49. The van der Waals surface area contributed by atoms with Gasteiger partial charge in [0.15, 0.2) is 2.82 Å². The van der Waals surface area contributed by atoms with Gasteiger partial charge in [-0.3, -0.25) is 0 Å². The van der Waals surface area contributed by atoms with E-state index in [1.54, 1.807) is 0 Å². The van der Waals surface area contributed by atoms with Crippen molar-refractivity contribution in [2.45, 2.75) is 6.92 Å². The molecule has 0 fully saturated rings. The van der Waals surface area contributed by atoms with Crippen molar-refractivity contribution in [2.75, 3.05) is 12.8 Å². The molecule has 4 heteroatoms. The Bertz CT molecular complexity index is 359. The van der Waals surface area contributed by atoms with E-state index in [9.17, 15) is 0 Å². The fraction of sp³-hybridized carbons (Fsp3) is 0.333. The maximum atomic E-state index is 7.19. The highest BCUT2D eigenvalue weighted by Crippen LogP contribution is 2.15.